The van der Waals surface area contributed by atoms with Crippen molar-refractivity contribution >= 4 is 5.69 Å². The number of anilines is 1. The number of rotatable bonds is 6. The topological polar surface area (TPSA) is 15.3 Å². The number of hydrogen-bond acceptors (Lipinski definition) is 2. The molecule has 3 heteroatoms. The van der Waals surface area contributed by atoms with Gasteiger partial charge >= 0.3 is 0 Å². The molecule has 94 valence electrons. The molecule has 1 aromatic carbocycles. The molecule has 0 bridgehead atoms. The first-order valence-electron chi connectivity index (χ1n) is 6.47. The van der Waals surface area contributed by atoms with Crippen molar-refractivity contribution in [3.8, 4) is 0 Å². The van der Waals surface area contributed by atoms with Crippen LogP contribution < -0.4 is 10.2 Å². The lowest BCUT2D eigenvalue weighted by molar-refractivity contribution is 0.549. The molecule has 0 aliphatic heterocycles. The molecule has 1 aliphatic carbocycles. The number of para-hydroxylation sites is 1. The van der Waals surface area contributed by atoms with E-state index < -0.39 is 0 Å². The molecule has 0 amide bonds. The highest BCUT2D eigenvalue weighted by molar-refractivity contribution is 5.48. The molecule has 1 aromatic rings. The fourth-order valence-corrected chi connectivity index (χ4v) is 2.14. The predicted octanol–water partition coefficient (Wildman–Crippen LogP) is 2.79. The van der Waals surface area contributed by atoms with Crippen LogP contribution in [0.15, 0.2) is 24.3 Å². The van der Waals surface area contributed by atoms with Crippen LogP contribution in [0.25, 0.3) is 0 Å². The van der Waals surface area contributed by atoms with Crippen molar-refractivity contribution in [3.63, 3.8) is 0 Å². The molecule has 0 saturated heterocycles. The van der Waals surface area contributed by atoms with Crippen molar-refractivity contribution in [2.24, 2.45) is 0 Å². The van der Waals surface area contributed by atoms with Crippen LogP contribution in [0.5, 0.6) is 0 Å². The second kappa shape index (κ2) is 5.50. The Hall–Kier alpha value is -1.09. The zero-order chi connectivity index (χ0) is 12.3. The van der Waals surface area contributed by atoms with Gasteiger partial charge in [-0.2, -0.15) is 0 Å². The molecule has 17 heavy (non-hydrogen) atoms. The average Bonchev–Trinajstić information content (AvgIpc) is 3.14. The summed E-state index contributed by atoms with van der Waals surface area (Å²) in [5.41, 5.74) is 0.708. The van der Waals surface area contributed by atoms with Crippen LogP contribution in [-0.2, 0) is 0 Å². The third-order valence-corrected chi connectivity index (χ3v) is 3.31. The summed E-state index contributed by atoms with van der Waals surface area (Å²) in [5.74, 6) is -0.132. The molecule has 2 rings (SSSR count). The van der Waals surface area contributed by atoms with Crippen molar-refractivity contribution in [2.45, 2.75) is 38.8 Å². The number of nitrogens with one attached hydrogen (secondary N) is 1. The van der Waals surface area contributed by atoms with E-state index in [0.29, 0.717) is 17.8 Å². The molecule has 1 saturated carbocycles. The summed E-state index contributed by atoms with van der Waals surface area (Å²) in [6.07, 6.45) is 2.58. The van der Waals surface area contributed by atoms with Gasteiger partial charge in [-0.3, -0.25) is 0 Å². The highest BCUT2D eigenvalue weighted by Crippen LogP contribution is 2.22. The Morgan fingerprint density at radius 2 is 2.12 bits per heavy atom. The normalized spacial score (nSPS) is 16.9. The Morgan fingerprint density at radius 3 is 2.71 bits per heavy atom. The second-order valence-corrected chi connectivity index (χ2v) is 4.77. The highest BCUT2D eigenvalue weighted by Gasteiger charge is 2.23. The van der Waals surface area contributed by atoms with Gasteiger partial charge in [-0.25, -0.2) is 4.39 Å². The van der Waals surface area contributed by atoms with E-state index in [2.05, 4.69) is 24.1 Å². The molecular weight excluding hydrogens is 215 g/mol. The van der Waals surface area contributed by atoms with Crippen molar-refractivity contribution in [1.29, 1.82) is 0 Å². The average molecular weight is 236 g/mol. The van der Waals surface area contributed by atoms with E-state index in [-0.39, 0.29) is 5.82 Å². The van der Waals surface area contributed by atoms with Gasteiger partial charge < -0.3 is 10.2 Å². The first-order valence-corrected chi connectivity index (χ1v) is 6.47. The number of nitrogens with zero attached hydrogens (tertiary/aromatic N) is 1. The summed E-state index contributed by atoms with van der Waals surface area (Å²) in [7, 11) is 0. The van der Waals surface area contributed by atoms with Gasteiger partial charge in [0, 0.05) is 25.2 Å². The molecule has 1 aliphatic rings. The molecule has 0 radical (unpaired) electrons. The van der Waals surface area contributed by atoms with Crippen LogP contribution in [0.3, 0.4) is 0 Å². The van der Waals surface area contributed by atoms with Crippen LogP contribution >= 0.6 is 0 Å². The van der Waals surface area contributed by atoms with Crippen LogP contribution in [0.4, 0.5) is 10.1 Å². The number of hydrogen-bond donors (Lipinski definition) is 1. The molecule has 2 nitrogen and oxygen atoms in total. The Morgan fingerprint density at radius 1 is 1.41 bits per heavy atom. The van der Waals surface area contributed by atoms with Gasteiger partial charge in [0.2, 0.25) is 0 Å². The lowest BCUT2D eigenvalue weighted by Gasteiger charge is -2.30. The summed E-state index contributed by atoms with van der Waals surface area (Å²) < 4.78 is 13.7. The molecule has 1 fully saturated rings. The minimum Gasteiger partial charge on any atom is -0.365 e. The maximum absolute atomic E-state index is 13.7. The number of likely N-dealkylation sites (N-methyl/N-ethyl adjacent to an activating group) is 1. The van der Waals surface area contributed by atoms with E-state index in [9.17, 15) is 4.39 Å². The minimum atomic E-state index is -0.132. The quantitative estimate of drug-likeness (QED) is 0.817. The summed E-state index contributed by atoms with van der Waals surface area (Å²) in [6, 6.07) is 8.03. The van der Waals surface area contributed by atoms with Crippen molar-refractivity contribution in [3.05, 3.63) is 30.1 Å². The third kappa shape index (κ3) is 3.19. The fourth-order valence-electron chi connectivity index (χ4n) is 2.14. The van der Waals surface area contributed by atoms with Crippen molar-refractivity contribution in [2.75, 3.05) is 18.0 Å². The lowest BCUT2D eigenvalue weighted by Crippen LogP contribution is -2.41. The number of benzene rings is 1. The van der Waals surface area contributed by atoms with E-state index >= 15 is 0 Å². The van der Waals surface area contributed by atoms with Crippen LogP contribution in [0.1, 0.15) is 26.7 Å². The fraction of sp³-hybridized carbons (Fsp3) is 0.571. The summed E-state index contributed by atoms with van der Waals surface area (Å²) in [6.45, 7) is 5.96. The van der Waals surface area contributed by atoms with Gasteiger partial charge in [0.1, 0.15) is 5.82 Å². The van der Waals surface area contributed by atoms with Gasteiger partial charge in [0.25, 0.3) is 0 Å². The van der Waals surface area contributed by atoms with Crippen molar-refractivity contribution in [1.82, 2.24) is 5.32 Å². The molecule has 1 unspecified atom stereocenters. The van der Waals surface area contributed by atoms with Crippen LogP contribution in [-0.4, -0.2) is 25.2 Å². The molecule has 0 heterocycles. The zero-order valence-corrected chi connectivity index (χ0v) is 10.6. The molecule has 0 spiro atoms. The van der Waals surface area contributed by atoms with E-state index in [1.54, 1.807) is 6.07 Å². The predicted molar refractivity (Wildman–Crippen MR) is 69.9 cm³/mol. The monoisotopic (exact) mass is 236 g/mol. The maximum atomic E-state index is 13.7. The highest BCUT2D eigenvalue weighted by atomic mass is 19.1. The molecule has 1 N–H and O–H groups in total. The van der Waals surface area contributed by atoms with E-state index in [1.165, 1.54) is 18.9 Å². The standard InChI is InChI=1S/C14H21FN2/c1-3-17(11(2)10-16-12-8-9-12)14-7-5-4-6-13(14)15/h4-7,11-12,16H,3,8-10H2,1-2H3. The Kier molecular flexibility index (Phi) is 4.00. The maximum Gasteiger partial charge on any atom is 0.146 e. The van der Waals surface area contributed by atoms with E-state index in [4.69, 9.17) is 0 Å². The summed E-state index contributed by atoms with van der Waals surface area (Å²) in [5, 5.41) is 3.50. The molecular formula is C14H21FN2. The van der Waals surface area contributed by atoms with Gasteiger partial charge in [-0.05, 0) is 38.8 Å². The largest absolute Gasteiger partial charge is 0.365 e. The van der Waals surface area contributed by atoms with Crippen LogP contribution in [0.2, 0.25) is 0 Å². The van der Waals surface area contributed by atoms with Gasteiger partial charge in [-0.1, -0.05) is 12.1 Å². The molecule has 1 atom stereocenters. The second-order valence-electron chi connectivity index (χ2n) is 4.77. The van der Waals surface area contributed by atoms with Gasteiger partial charge in [0.15, 0.2) is 0 Å². The smallest absolute Gasteiger partial charge is 0.146 e. The first-order chi connectivity index (χ1) is 8.22. The van der Waals surface area contributed by atoms with Crippen LogP contribution in [0, 0.1) is 5.82 Å². The summed E-state index contributed by atoms with van der Waals surface area (Å²) in [4.78, 5) is 2.12. The Balaban J connectivity index is 2.01. The van der Waals surface area contributed by atoms with Gasteiger partial charge in [0.05, 0.1) is 5.69 Å². The third-order valence-electron chi connectivity index (χ3n) is 3.31. The summed E-state index contributed by atoms with van der Waals surface area (Å²) >= 11 is 0. The van der Waals surface area contributed by atoms with E-state index in [1.807, 2.05) is 12.1 Å². The minimum absolute atomic E-state index is 0.132. The van der Waals surface area contributed by atoms with Crippen molar-refractivity contribution < 1.29 is 4.39 Å². The zero-order valence-electron chi connectivity index (χ0n) is 10.6. The lowest BCUT2D eigenvalue weighted by atomic mass is 10.2. The SMILES string of the molecule is CCN(c1ccccc1F)C(C)CNC1CC1. The van der Waals surface area contributed by atoms with E-state index in [0.717, 1.165) is 13.1 Å². The number of halogens is 1. The Labute approximate surface area is 103 Å². The molecule has 0 aromatic heterocycles. The Bertz CT molecular complexity index is 363. The van der Waals surface area contributed by atoms with Gasteiger partial charge in [-0.15, -0.1) is 0 Å². The first kappa shape index (κ1) is 12.4.